The molecule has 1 N–H and O–H groups in total. The molecule has 0 saturated carbocycles. The third-order valence-corrected chi connectivity index (χ3v) is 5.33. The Balaban J connectivity index is 2.37. The Morgan fingerprint density at radius 2 is 1.92 bits per heavy atom. The minimum absolute atomic E-state index is 0.0266. The number of ether oxygens (including phenoxy) is 1. The first-order valence-corrected chi connectivity index (χ1v) is 10.2. The number of unbranched alkanes of at least 4 members (excludes halogenated alkanes) is 2. The smallest absolute Gasteiger partial charge is 0.342 e. The maximum atomic E-state index is 12.4. The van der Waals surface area contributed by atoms with Gasteiger partial charge in [-0.05, 0) is 44.9 Å². The van der Waals surface area contributed by atoms with E-state index in [1.807, 2.05) is 0 Å². The van der Waals surface area contributed by atoms with Crippen molar-refractivity contribution in [2.75, 3.05) is 17.1 Å². The first-order valence-electron chi connectivity index (χ1n) is 8.50. The number of fused-ring (bicyclic) bond motifs is 1. The highest BCUT2D eigenvalue weighted by Gasteiger charge is 2.21. The summed E-state index contributed by atoms with van der Waals surface area (Å²) in [5.41, 5.74) is 2.05. The fourth-order valence-electron chi connectivity index (χ4n) is 2.56. The van der Waals surface area contributed by atoms with Gasteiger partial charge in [0.15, 0.2) is 0 Å². The number of anilines is 1. The Labute approximate surface area is 148 Å². The molecule has 0 aliphatic carbocycles. The average molecular weight is 367 g/mol. The molecule has 2 aromatic rings. The Morgan fingerprint density at radius 3 is 2.56 bits per heavy atom. The van der Waals surface area contributed by atoms with Crippen LogP contribution in [0, 0.1) is 13.8 Å². The Bertz CT molecular complexity index is 867. The van der Waals surface area contributed by atoms with Crippen molar-refractivity contribution in [2.45, 2.75) is 47.0 Å². The van der Waals surface area contributed by atoms with Gasteiger partial charge < -0.3 is 9.15 Å². The maximum absolute atomic E-state index is 12.4. The van der Waals surface area contributed by atoms with Crippen molar-refractivity contribution in [1.82, 2.24) is 0 Å². The number of hydrogen-bond acceptors (Lipinski definition) is 5. The molecule has 6 nitrogen and oxygen atoms in total. The van der Waals surface area contributed by atoms with Crippen LogP contribution in [0.25, 0.3) is 11.0 Å². The number of benzene rings is 1. The minimum atomic E-state index is -3.41. The highest BCUT2D eigenvalue weighted by Crippen LogP contribution is 2.31. The summed E-state index contributed by atoms with van der Waals surface area (Å²) in [5.74, 6) is -0.00722. The molecule has 0 saturated heterocycles. The standard InChI is InChI=1S/C18H25NO5S/c1-5-7-8-9-23-18(20)17-13(4)24-16-10-12(3)15(11-14(16)17)19-25(21,22)6-2/h10-11,19H,5-9H2,1-4H3. The molecule has 0 aliphatic heterocycles. The lowest BCUT2D eigenvalue weighted by Gasteiger charge is -2.09. The van der Waals surface area contributed by atoms with Crippen LogP contribution >= 0.6 is 0 Å². The van der Waals surface area contributed by atoms with Crippen LogP contribution in [0.2, 0.25) is 0 Å². The predicted octanol–water partition coefficient (Wildman–Crippen LogP) is 4.16. The molecule has 0 bridgehead atoms. The molecule has 0 aliphatic rings. The number of rotatable bonds is 8. The zero-order chi connectivity index (χ0) is 18.6. The molecular formula is C18H25NO5S. The summed E-state index contributed by atoms with van der Waals surface area (Å²) in [7, 11) is -3.41. The molecule has 7 heteroatoms. The summed E-state index contributed by atoms with van der Waals surface area (Å²) in [6, 6.07) is 3.36. The summed E-state index contributed by atoms with van der Waals surface area (Å²) >= 11 is 0. The minimum Gasteiger partial charge on any atom is -0.462 e. The van der Waals surface area contributed by atoms with E-state index in [0.717, 1.165) is 24.8 Å². The van der Waals surface area contributed by atoms with Crippen molar-refractivity contribution in [1.29, 1.82) is 0 Å². The maximum Gasteiger partial charge on any atom is 0.342 e. The van der Waals surface area contributed by atoms with Crippen LogP contribution in [0.1, 0.15) is 54.8 Å². The van der Waals surface area contributed by atoms with Gasteiger partial charge in [0, 0.05) is 5.39 Å². The van der Waals surface area contributed by atoms with E-state index < -0.39 is 16.0 Å². The molecule has 0 spiro atoms. The van der Waals surface area contributed by atoms with E-state index in [-0.39, 0.29) is 5.75 Å². The number of nitrogens with one attached hydrogen (secondary N) is 1. The van der Waals surface area contributed by atoms with Crippen molar-refractivity contribution in [2.24, 2.45) is 0 Å². The van der Waals surface area contributed by atoms with Gasteiger partial charge >= 0.3 is 5.97 Å². The fourth-order valence-corrected chi connectivity index (χ4v) is 3.26. The first-order chi connectivity index (χ1) is 11.8. The van der Waals surface area contributed by atoms with Gasteiger partial charge in [0.2, 0.25) is 10.0 Å². The second-order valence-corrected chi connectivity index (χ2v) is 8.06. The second-order valence-electron chi connectivity index (χ2n) is 6.05. The molecule has 0 unspecified atom stereocenters. The van der Waals surface area contributed by atoms with Gasteiger partial charge in [-0.15, -0.1) is 0 Å². The van der Waals surface area contributed by atoms with E-state index in [2.05, 4.69) is 11.6 Å². The van der Waals surface area contributed by atoms with Gasteiger partial charge in [0.25, 0.3) is 0 Å². The highest BCUT2D eigenvalue weighted by molar-refractivity contribution is 7.92. The Hall–Kier alpha value is -2.02. The lowest BCUT2D eigenvalue weighted by molar-refractivity contribution is 0.0498. The van der Waals surface area contributed by atoms with Crippen LogP contribution in [0.5, 0.6) is 0 Å². The van der Waals surface area contributed by atoms with Crippen molar-refractivity contribution < 1.29 is 22.4 Å². The number of carbonyl (C=O) groups excluding carboxylic acids is 1. The first kappa shape index (κ1) is 19.3. The summed E-state index contributed by atoms with van der Waals surface area (Å²) in [6.07, 6.45) is 2.86. The van der Waals surface area contributed by atoms with E-state index in [0.29, 0.717) is 34.6 Å². The molecule has 0 fully saturated rings. The lowest BCUT2D eigenvalue weighted by atomic mass is 10.1. The van der Waals surface area contributed by atoms with Crippen LogP contribution in [-0.4, -0.2) is 26.7 Å². The van der Waals surface area contributed by atoms with E-state index >= 15 is 0 Å². The molecule has 0 atom stereocenters. The largest absolute Gasteiger partial charge is 0.462 e. The molecule has 138 valence electrons. The molecule has 25 heavy (non-hydrogen) atoms. The van der Waals surface area contributed by atoms with Crippen LogP contribution in [0.3, 0.4) is 0 Å². The van der Waals surface area contributed by atoms with Gasteiger partial charge in [0.05, 0.1) is 18.0 Å². The van der Waals surface area contributed by atoms with E-state index in [1.165, 1.54) is 0 Å². The van der Waals surface area contributed by atoms with Crippen molar-refractivity contribution in [3.63, 3.8) is 0 Å². The lowest BCUT2D eigenvalue weighted by Crippen LogP contribution is -2.15. The average Bonchev–Trinajstić information content (AvgIpc) is 2.86. The summed E-state index contributed by atoms with van der Waals surface area (Å²) in [6.45, 7) is 7.50. The number of sulfonamides is 1. The third kappa shape index (κ3) is 4.54. The number of hydrogen-bond donors (Lipinski definition) is 1. The van der Waals surface area contributed by atoms with Crippen LogP contribution < -0.4 is 4.72 Å². The Kier molecular flexibility index (Phi) is 6.11. The van der Waals surface area contributed by atoms with Crippen LogP contribution in [-0.2, 0) is 14.8 Å². The zero-order valence-electron chi connectivity index (χ0n) is 15.1. The van der Waals surface area contributed by atoms with Crippen LogP contribution in [0.15, 0.2) is 16.5 Å². The molecule has 1 aromatic carbocycles. The third-order valence-electron chi connectivity index (χ3n) is 4.04. The predicted molar refractivity (Wildman–Crippen MR) is 98.6 cm³/mol. The summed E-state index contributed by atoms with van der Waals surface area (Å²) < 4.78 is 37.3. The van der Waals surface area contributed by atoms with Crippen molar-refractivity contribution in [3.05, 3.63) is 29.0 Å². The van der Waals surface area contributed by atoms with Crippen LogP contribution in [0.4, 0.5) is 5.69 Å². The number of aryl methyl sites for hydroxylation is 2. The van der Waals surface area contributed by atoms with Gasteiger partial charge in [-0.25, -0.2) is 13.2 Å². The van der Waals surface area contributed by atoms with E-state index in [1.54, 1.807) is 32.9 Å². The highest BCUT2D eigenvalue weighted by atomic mass is 32.2. The number of furan rings is 1. The summed E-state index contributed by atoms with van der Waals surface area (Å²) in [5, 5.41) is 0.553. The molecule has 0 radical (unpaired) electrons. The van der Waals surface area contributed by atoms with Gasteiger partial charge in [-0.2, -0.15) is 0 Å². The molecule has 1 aromatic heterocycles. The number of esters is 1. The summed E-state index contributed by atoms with van der Waals surface area (Å²) in [4.78, 5) is 12.4. The monoisotopic (exact) mass is 367 g/mol. The molecule has 1 heterocycles. The van der Waals surface area contributed by atoms with Gasteiger partial charge in [-0.1, -0.05) is 19.8 Å². The fraction of sp³-hybridized carbons (Fsp3) is 0.500. The van der Waals surface area contributed by atoms with Gasteiger partial charge in [-0.3, -0.25) is 4.72 Å². The molecular weight excluding hydrogens is 342 g/mol. The molecule has 2 rings (SSSR count). The zero-order valence-corrected chi connectivity index (χ0v) is 16.0. The topological polar surface area (TPSA) is 85.6 Å². The van der Waals surface area contributed by atoms with Crippen molar-refractivity contribution >= 4 is 32.6 Å². The Morgan fingerprint density at radius 1 is 1.20 bits per heavy atom. The SMILES string of the molecule is CCCCCOC(=O)c1c(C)oc2cc(C)c(NS(=O)(=O)CC)cc12. The second kappa shape index (κ2) is 7.91. The van der Waals surface area contributed by atoms with E-state index in [4.69, 9.17) is 9.15 Å². The number of carbonyl (C=O) groups is 1. The quantitative estimate of drug-likeness (QED) is 0.559. The normalized spacial score (nSPS) is 11.7. The van der Waals surface area contributed by atoms with Crippen molar-refractivity contribution in [3.8, 4) is 0 Å². The van der Waals surface area contributed by atoms with E-state index in [9.17, 15) is 13.2 Å². The van der Waals surface area contributed by atoms with Gasteiger partial charge in [0.1, 0.15) is 16.9 Å². The molecule has 0 amide bonds.